The smallest absolute Gasteiger partial charge is 0.0640 e. The molecule has 2 aromatic carbocycles. The first-order valence-electron chi connectivity index (χ1n) is 7.83. The molecule has 0 aliphatic heterocycles. The zero-order valence-corrected chi connectivity index (χ0v) is 13.6. The Morgan fingerprint density at radius 2 is 1.81 bits per heavy atom. The summed E-state index contributed by atoms with van der Waals surface area (Å²) in [5.74, 6) is 0. The van der Waals surface area contributed by atoms with Crippen molar-refractivity contribution in [3.63, 3.8) is 0 Å². The highest BCUT2D eigenvalue weighted by molar-refractivity contribution is 5.86. The lowest BCUT2D eigenvalue weighted by molar-refractivity contribution is 0.00697. The molecule has 1 atom stereocenters. The van der Waals surface area contributed by atoms with E-state index < -0.39 is 0 Å². The third-order valence-corrected chi connectivity index (χ3v) is 4.09. The van der Waals surface area contributed by atoms with Gasteiger partial charge in [0.15, 0.2) is 0 Å². The molecule has 2 aromatic rings. The van der Waals surface area contributed by atoms with Crippen LogP contribution in [0.15, 0.2) is 42.5 Å². The van der Waals surface area contributed by atoms with Crippen LogP contribution in [0, 0.1) is 0 Å². The van der Waals surface area contributed by atoms with E-state index in [4.69, 9.17) is 4.74 Å². The lowest BCUT2D eigenvalue weighted by Crippen LogP contribution is -2.32. The molecule has 0 aliphatic carbocycles. The normalized spacial score (nSPS) is 13.5. The van der Waals surface area contributed by atoms with Crippen LogP contribution in [0.1, 0.15) is 45.2 Å². The first-order chi connectivity index (χ1) is 10.1. The molecule has 2 nitrogen and oxygen atoms in total. The van der Waals surface area contributed by atoms with Gasteiger partial charge in [-0.05, 0) is 49.6 Å². The molecule has 0 aromatic heterocycles. The van der Waals surface area contributed by atoms with E-state index in [-0.39, 0.29) is 5.60 Å². The summed E-state index contributed by atoms with van der Waals surface area (Å²) in [6.45, 7) is 7.53. The highest BCUT2D eigenvalue weighted by Crippen LogP contribution is 2.30. The molecular formula is C19H27NO. The second kappa shape index (κ2) is 7.06. The number of ether oxygens (including phenoxy) is 1. The Bertz CT molecular complexity index is 571. The molecular weight excluding hydrogens is 258 g/mol. The molecule has 21 heavy (non-hydrogen) atoms. The summed E-state index contributed by atoms with van der Waals surface area (Å²) in [4.78, 5) is 0. The minimum atomic E-state index is -0.137. The first kappa shape index (κ1) is 16.0. The maximum absolute atomic E-state index is 5.64. The second-order valence-electron chi connectivity index (χ2n) is 6.24. The van der Waals surface area contributed by atoms with Crippen LogP contribution in [0.2, 0.25) is 0 Å². The van der Waals surface area contributed by atoms with Crippen molar-refractivity contribution in [3.05, 3.63) is 48.0 Å². The van der Waals surface area contributed by atoms with Crippen molar-refractivity contribution in [2.24, 2.45) is 0 Å². The van der Waals surface area contributed by atoms with Crippen LogP contribution in [-0.4, -0.2) is 19.3 Å². The summed E-state index contributed by atoms with van der Waals surface area (Å²) in [5, 5.41) is 6.32. The van der Waals surface area contributed by atoms with E-state index in [1.807, 2.05) is 0 Å². The summed E-state index contributed by atoms with van der Waals surface area (Å²) >= 11 is 0. The molecule has 0 fully saturated rings. The van der Waals surface area contributed by atoms with Gasteiger partial charge in [-0.15, -0.1) is 0 Å². The van der Waals surface area contributed by atoms with Crippen LogP contribution in [0.25, 0.3) is 10.8 Å². The predicted octanol–water partition coefficient (Wildman–Crippen LogP) is 4.70. The Morgan fingerprint density at radius 3 is 2.52 bits per heavy atom. The summed E-state index contributed by atoms with van der Waals surface area (Å²) < 4.78 is 5.64. The fraction of sp³-hybridized carbons (Fsp3) is 0.474. The number of benzene rings is 2. The van der Waals surface area contributed by atoms with E-state index in [2.05, 4.69) is 68.6 Å². The van der Waals surface area contributed by atoms with Crippen LogP contribution < -0.4 is 5.32 Å². The standard InChI is InChI=1S/C19H27NO/c1-5-13-20-18(14-19(2,3)21-4)17-12-8-10-15-9-6-7-11-16(15)17/h6-12,18,20H,5,13-14H2,1-4H3. The Kier molecular flexibility index (Phi) is 5.38. The first-order valence-corrected chi connectivity index (χ1v) is 7.83. The molecule has 0 saturated heterocycles. The summed E-state index contributed by atoms with van der Waals surface area (Å²) in [6.07, 6.45) is 2.09. The number of hydrogen-bond acceptors (Lipinski definition) is 2. The zero-order valence-electron chi connectivity index (χ0n) is 13.6. The van der Waals surface area contributed by atoms with Gasteiger partial charge in [0, 0.05) is 13.2 Å². The van der Waals surface area contributed by atoms with E-state index in [9.17, 15) is 0 Å². The maximum Gasteiger partial charge on any atom is 0.0640 e. The van der Waals surface area contributed by atoms with E-state index in [0.29, 0.717) is 6.04 Å². The summed E-state index contributed by atoms with van der Waals surface area (Å²) in [6, 6.07) is 15.5. The molecule has 0 radical (unpaired) electrons. The van der Waals surface area contributed by atoms with Gasteiger partial charge in [-0.25, -0.2) is 0 Å². The fourth-order valence-electron chi connectivity index (χ4n) is 2.74. The molecule has 0 amide bonds. The lowest BCUT2D eigenvalue weighted by Gasteiger charge is -2.30. The van der Waals surface area contributed by atoms with Gasteiger partial charge in [0.25, 0.3) is 0 Å². The lowest BCUT2D eigenvalue weighted by atomic mass is 9.90. The van der Waals surface area contributed by atoms with E-state index in [0.717, 1.165) is 19.4 Å². The Balaban J connectivity index is 2.38. The quantitative estimate of drug-likeness (QED) is 0.796. The van der Waals surface area contributed by atoms with Gasteiger partial charge in [0.05, 0.1) is 5.60 Å². The number of rotatable bonds is 7. The average Bonchev–Trinajstić information content (AvgIpc) is 2.51. The van der Waals surface area contributed by atoms with Crippen LogP contribution in [0.3, 0.4) is 0 Å². The molecule has 1 unspecified atom stereocenters. The van der Waals surface area contributed by atoms with Gasteiger partial charge in [0.1, 0.15) is 0 Å². The zero-order chi connectivity index (χ0) is 15.3. The summed E-state index contributed by atoms with van der Waals surface area (Å²) in [5.41, 5.74) is 1.23. The van der Waals surface area contributed by atoms with Crippen LogP contribution in [-0.2, 0) is 4.74 Å². The van der Waals surface area contributed by atoms with Crippen LogP contribution >= 0.6 is 0 Å². The molecule has 1 N–H and O–H groups in total. The van der Waals surface area contributed by atoms with Gasteiger partial charge < -0.3 is 10.1 Å². The largest absolute Gasteiger partial charge is 0.379 e. The van der Waals surface area contributed by atoms with Crippen molar-refractivity contribution in [1.82, 2.24) is 5.32 Å². The van der Waals surface area contributed by atoms with Gasteiger partial charge in [-0.3, -0.25) is 0 Å². The molecule has 114 valence electrons. The third kappa shape index (κ3) is 4.05. The topological polar surface area (TPSA) is 21.3 Å². The summed E-state index contributed by atoms with van der Waals surface area (Å²) in [7, 11) is 1.79. The monoisotopic (exact) mass is 285 g/mol. The molecule has 0 bridgehead atoms. The van der Waals surface area contributed by atoms with E-state index >= 15 is 0 Å². The van der Waals surface area contributed by atoms with Gasteiger partial charge in [0.2, 0.25) is 0 Å². The van der Waals surface area contributed by atoms with Gasteiger partial charge >= 0.3 is 0 Å². The van der Waals surface area contributed by atoms with Crippen molar-refractivity contribution in [3.8, 4) is 0 Å². The van der Waals surface area contributed by atoms with Gasteiger partial charge in [-0.2, -0.15) is 0 Å². The minimum Gasteiger partial charge on any atom is -0.379 e. The van der Waals surface area contributed by atoms with Crippen molar-refractivity contribution >= 4 is 10.8 Å². The molecule has 0 heterocycles. The SMILES string of the molecule is CCCNC(CC(C)(C)OC)c1cccc2ccccc12. The van der Waals surface area contributed by atoms with E-state index in [1.54, 1.807) is 7.11 Å². The number of methoxy groups -OCH3 is 1. The molecule has 2 heteroatoms. The average molecular weight is 285 g/mol. The van der Waals surface area contributed by atoms with Crippen molar-refractivity contribution < 1.29 is 4.74 Å². The van der Waals surface area contributed by atoms with Gasteiger partial charge in [-0.1, -0.05) is 49.4 Å². The number of hydrogen-bond donors (Lipinski definition) is 1. The third-order valence-electron chi connectivity index (χ3n) is 4.09. The Hall–Kier alpha value is -1.38. The second-order valence-corrected chi connectivity index (χ2v) is 6.24. The molecule has 0 aliphatic rings. The Labute approximate surface area is 128 Å². The maximum atomic E-state index is 5.64. The minimum absolute atomic E-state index is 0.137. The highest BCUT2D eigenvalue weighted by Gasteiger charge is 2.24. The molecule has 0 saturated carbocycles. The number of nitrogens with one attached hydrogen (secondary N) is 1. The highest BCUT2D eigenvalue weighted by atomic mass is 16.5. The predicted molar refractivity (Wildman–Crippen MR) is 90.7 cm³/mol. The van der Waals surface area contributed by atoms with Crippen molar-refractivity contribution in [2.75, 3.05) is 13.7 Å². The Morgan fingerprint density at radius 1 is 1.10 bits per heavy atom. The molecule has 0 spiro atoms. The fourth-order valence-corrected chi connectivity index (χ4v) is 2.74. The van der Waals surface area contributed by atoms with Crippen molar-refractivity contribution in [1.29, 1.82) is 0 Å². The van der Waals surface area contributed by atoms with Crippen LogP contribution in [0.5, 0.6) is 0 Å². The number of fused-ring (bicyclic) bond motifs is 1. The van der Waals surface area contributed by atoms with Crippen LogP contribution in [0.4, 0.5) is 0 Å². The molecule has 2 rings (SSSR count). The van der Waals surface area contributed by atoms with E-state index in [1.165, 1.54) is 16.3 Å². The van der Waals surface area contributed by atoms with Crippen molar-refractivity contribution in [2.45, 2.75) is 45.3 Å².